The minimum absolute atomic E-state index is 0. The van der Waals surface area contributed by atoms with Gasteiger partial charge in [0.05, 0.1) is 18.6 Å². The first-order chi connectivity index (χ1) is 13.5. The maximum atomic E-state index is 12.4. The Morgan fingerprint density at radius 2 is 1.83 bits per heavy atom. The van der Waals surface area contributed by atoms with Crippen molar-refractivity contribution in [3.8, 4) is 11.4 Å². The Morgan fingerprint density at radius 1 is 1.20 bits per heavy atom. The fourth-order valence-corrected chi connectivity index (χ4v) is 3.33. The second-order valence-electron chi connectivity index (χ2n) is 7.21. The molecule has 0 bridgehead atoms. The number of benzene rings is 1. The molecule has 1 saturated heterocycles. The Hall–Kier alpha value is -1.71. The number of nitrogens with two attached hydrogens (primary N) is 1. The molecule has 2 atom stereocenters. The van der Waals surface area contributed by atoms with Crippen LogP contribution in [0.15, 0.2) is 28.8 Å². The minimum Gasteiger partial charge on any atom is -0.380 e. The van der Waals surface area contributed by atoms with Crippen molar-refractivity contribution in [2.24, 2.45) is 5.73 Å². The lowest BCUT2D eigenvalue weighted by molar-refractivity contribution is -0.135. The van der Waals surface area contributed by atoms with E-state index in [-0.39, 0.29) is 42.9 Å². The van der Waals surface area contributed by atoms with Gasteiger partial charge in [0.15, 0.2) is 0 Å². The minimum atomic E-state index is -0.219. The van der Waals surface area contributed by atoms with Gasteiger partial charge in [-0.25, -0.2) is 0 Å². The molecule has 2 aromatic rings. The van der Waals surface area contributed by atoms with E-state index in [1.165, 1.54) is 5.56 Å². The lowest BCUT2D eigenvalue weighted by Gasteiger charge is -2.37. The third kappa shape index (κ3) is 6.39. The van der Waals surface area contributed by atoms with E-state index < -0.39 is 0 Å². The molecule has 8 nitrogen and oxygen atoms in total. The molecule has 2 heterocycles. The van der Waals surface area contributed by atoms with Gasteiger partial charge in [-0.1, -0.05) is 35.0 Å². The van der Waals surface area contributed by atoms with Gasteiger partial charge in [-0.15, -0.1) is 24.8 Å². The summed E-state index contributed by atoms with van der Waals surface area (Å²) in [4.78, 5) is 21.1. The molecule has 2 unspecified atom stereocenters. The molecule has 1 aromatic heterocycles. The van der Waals surface area contributed by atoms with E-state index in [1.54, 1.807) is 7.11 Å². The summed E-state index contributed by atoms with van der Waals surface area (Å²) in [6, 6.07) is 8.05. The van der Waals surface area contributed by atoms with Crippen molar-refractivity contribution in [2.75, 3.05) is 39.8 Å². The smallest absolute Gasteiger partial charge is 0.244 e. The summed E-state index contributed by atoms with van der Waals surface area (Å²) in [7, 11) is 1.58. The number of hydrogen-bond acceptors (Lipinski definition) is 7. The van der Waals surface area contributed by atoms with Gasteiger partial charge in [-0.2, -0.15) is 4.98 Å². The highest BCUT2D eigenvalue weighted by molar-refractivity contribution is 5.85. The zero-order valence-corrected chi connectivity index (χ0v) is 19.2. The maximum absolute atomic E-state index is 12.4. The third-order valence-electron chi connectivity index (χ3n) is 5.32. The Balaban J connectivity index is 0.00000225. The molecule has 10 heteroatoms. The van der Waals surface area contributed by atoms with Gasteiger partial charge in [-0.3, -0.25) is 9.69 Å². The predicted molar refractivity (Wildman–Crippen MR) is 120 cm³/mol. The second kappa shape index (κ2) is 12.2. The number of carbonyl (C=O) groups is 1. The van der Waals surface area contributed by atoms with Gasteiger partial charge in [-0.05, 0) is 13.8 Å². The van der Waals surface area contributed by atoms with E-state index in [9.17, 15) is 4.79 Å². The highest BCUT2D eigenvalue weighted by Crippen LogP contribution is 2.24. The molecule has 0 saturated carbocycles. The first-order valence-electron chi connectivity index (χ1n) is 9.67. The number of aryl methyl sites for hydroxylation is 1. The molecule has 0 radical (unpaired) electrons. The van der Waals surface area contributed by atoms with Crippen molar-refractivity contribution in [1.29, 1.82) is 0 Å². The van der Waals surface area contributed by atoms with Crippen LogP contribution in [0, 0.1) is 6.92 Å². The van der Waals surface area contributed by atoms with Gasteiger partial charge < -0.3 is 19.9 Å². The number of carbonyl (C=O) groups excluding carboxylic acids is 1. The summed E-state index contributed by atoms with van der Waals surface area (Å²) in [6.07, 6.45) is 0.106. The number of nitrogens with zero attached hydrogens (tertiary/aromatic N) is 4. The Kier molecular flexibility index (Phi) is 10.7. The molecular weight excluding hydrogens is 429 g/mol. The van der Waals surface area contributed by atoms with Crippen LogP contribution in [0.4, 0.5) is 0 Å². The number of ether oxygens (including phenoxy) is 1. The van der Waals surface area contributed by atoms with Crippen molar-refractivity contribution in [2.45, 2.75) is 32.4 Å². The number of halogens is 2. The number of aromatic nitrogens is 2. The van der Waals surface area contributed by atoms with E-state index in [2.05, 4.69) is 22.0 Å². The quantitative estimate of drug-likeness (QED) is 0.678. The van der Waals surface area contributed by atoms with Crippen molar-refractivity contribution in [3.05, 3.63) is 35.7 Å². The van der Waals surface area contributed by atoms with Crippen LogP contribution < -0.4 is 5.73 Å². The monoisotopic (exact) mass is 459 g/mol. The summed E-state index contributed by atoms with van der Waals surface area (Å²) in [5.41, 5.74) is 7.74. The molecule has 3 rings (SSSR count). The van der Waals surface area contributed by atoms with Crippen LogP contribution in [0.1, 0.15) is 30.8 Å². The molecule has 30 heavy (non-hydrogen) atoms. The van der Waals surface area contributed by atoms with Gasteiger partial charge >= 0.3 is 0 Å². The zero-order chi connectivity index (χ0) is 20.1. The summed E-state index contributed by atoms with van der Waals surface area (Å²) >= 11 is 0. The van der Waals surface area contributed by atoms with Crippen molar-refractivity contribution in [1.82, 2.24) is 19.9 Å². The maximum Gasteiger partial charge on any atom is 0.244 e. The Labute approximate surface area is 189 Å². The summed E-state index contributed by atoms with van der Waals surface area (Å²) in [5, 5.41) is 4.12. The number of methoxy groups -OCH3 is 1. The van der Waals surface area contributed by atoms with Crippen LogP contribution in [-0.2, 0) is 9.53 Å². The van der Waals surface area contributed by atoms with Gasteiger partial charge in [0.2, 0.25) is 17.6 Å². The first-order valence-corrected chi connectivity index (χ1v) is 9.67. The van der Waals surface area contributed by atoms with Crippen LogP contribution in [0.2, 0.25) is 0 Å². The zero-order valence-electron chi connectivity index (χ0n) is 17.6. The van der Waals surface area contributed by atoms with Crippen LogP contribution in [-0.4, -0.2) is 71.8 Å². The summed E-state index contributed by atoms with van der Waals surface area (Å²) < 4.78 is 10.7. The fraction of sp³-hybridized carbons (Fsp3) is 0.550. The van der Waals surface area contributed by atoms with Crippen LogP contribution in [0.5, 0.6) is 0 Å². The first kappa shape index (κ1) is 26.3. The van der Waals surface area contributed by atoms with Crippen molar-refractivity contribution < 1.29 is 14.1 Å². The Morgan fingerprint density at radius 3 is 2.40 bits per heavy atom. The molecule has 168 valence electrons. The molecule has 2 N–H and O–H groups in total. The van der Waals surface area contributed by atoms with Crippen LogP contribution in [0.3, 0.4) is 0 Å². The lowest BCUT2D eigenvalue weighted by Crippen LogP contribution is -2.50. The predicted octanol–water partition coefficient (Wildman–Crippen LogP) is 2.46. The normalized spacial score (nSPS) is 16.3. The highest BCUT2D eigenvalue weighted by Gasteiger charge is 2.28. The third-order valence-corrected chi connectivity index (χ3v) is 5.32. The van der Waals surface area contributed by atoms with Crippen LogP contribution in [0.25, 0.3) is 11.4 Å². The Bertz CT molecular complexity index is 775. The summed E-state index contributed by atoms with van der Waals surface area (Å²) in [5.74, 6) is 1.28. The number of amides is 1. The number of hydrogen-bond donors (Lipinski definition) is 1. The van der Waals surface area contributed by atoms with Crippen molar-refractivity contribution >= 4 is 30.7 Å². The highest BCUT2D eigenvalue weighted by atomic mass is 35.5. The van der Waals surface area contributed by atoms with E-state index in [0.717, 1.165) is 18.7 Å². The van der Waals surface area contributed by atoms with E-state index in [0.29, 0.717) is 37.8 Å². The molecule has 1 aromatic carbocycles. The SMILES string of the molecule is COC(CN)CC(=O)N1CCN(C(C)c2nc(-c3ccc(C)cc3)no2)CC1.Cl.Cl. The van der Waals surface area contributed by atoms with E-state index in [4.69, 9.17) is 15.0 Å². The van der Waals surface area contributed by atoms with Gasteiger partial charge in [0.1, 0.15) is 0 Å². The van der Waals surface area contributed by atoms with E-state index >= 15 is 0 Å². The average Bonchev–Trinajstić information content (AvgIpc) is 3.22. The molecule has 1 aliphatic heterocycles. The molecule has 1 fully saturated rings. The molecule has 0 aliphatic carbocycles. The number of piperazine rings is 1. The lowest BCUT2D eigenvalue weighted by atomic mass is 10.1. The van der Waals surface area contributed by atoms with Crippen LogP contribution >= 0.6 is 24.8 Å². The van der Waals surface area contributed by atoms with Gasteiger partial charge in [0, 0.05) is 45.4 Å². The largest absolute Gasteiger partial charge is 0.380 e. The molecule has 1 aliphatic rings. The van der Waals surface area contributed by atoms with Gasteiger partial charge in [0.25, 0.3) is 0 Å². The standard InChI is InChI=1S/C20H29N5O3.2ClH/c1-14-4-6-16(7-5-14)19-22-20(28-23-19)15(2)24-8-10-25(11-9-24)18(26)12-17(13-21)27-3;;/h4-7,15,17H,8-13,21H2,1-3H3;2*1H. The average molecular weight is 460 g/mol. The topological polar surface area (TPSA) is 97.7 Å². The fourth-order valence-electron chi connectivity index (χ4n) is 3.33. The molecule has 1 amide bonds. The second-order valence-corrected chi connectivity index (χ2v) is 7.21. The summed E-state index contributed by atoms with van der Waals surface area (Å²) in [6.45, 7) is 7.31. The van der Waals surface area contributed by atoms with E-state index in [1.807, 2.05) is 36.1 Å². The van der Waals surface area contributed by atoms with Crippen molar-refractivity contribution in [3.63, 3.8) is 0 Å². The molecule has 0 spiro atoms. The molecular formula is C20H31Cl2N5O3. The number of rotatable bonds is 7.